The Morgan fingerprint density at radius 1 is 1.38 bits per heavy atom. The molecule has 0 saturated heterocycles. The van der Waals surface area contributed by atoms with Crippen LogP contribution in [0.4, 0.5) is 0 Å². The predicted molar refractivity (Wildman–Crippen MR) is 86.0 cm³/mol. The maximum Gasteiger partial charge on any atom is 0.242 e. The van der Waals surface area contributed by atoms with Crippen molar-refractivity contribution in [3.05, 3.63) is 50.1 Å². The number of hydrogen-bond donors (Lipinski definition) is 2. The minimum absolute atomic E-state index is 0.260. The maximum absolute atomic E-state index is 12.5. The molecule has 3 rings (SSSR count). The average Bonchev–Trinajstić information content (AvgIpc) is 2.91. The molecule has 112 valence electrons. The molecule has 0 saturated carbocycles. The van der Waals surface area contributed by atoms with Crippen molar-refractivity contribution in [2.24, 2.45) is 0 Å². The van der Waals surface area contributed by atoms with Gasteiger partial charge in [0.1, 0.15) is 0 Å². The Morgan fingerprint density at radius 2 is 2.10 bits per heavy atom. The van der Waals surface area contributed by atoms with E-state index in [1.54, 1.807) is 13.0 Å². The first-order valence-corrected chi connectivity index (χ1v) is 9.52. The summed E-state index contributed by atoms with van der Waals surface area (Å²) in [5, 5.41) is 10.2. The molecule has 21 heavy (non-hydrogen) atoms. The SMILES string of the molecule is Cc1sc(Br)cc1S(=O)(=O)N[C@H]1c2ccccc2C[C@H]1O. The summed E-state index contributed by atoms with van der Waals surface area (Å²) in [7, 11) is -3.66. The van der Waals surface area contributed by atoms with Crippen molar-refractivity contribution in [3.63, 3.8) is 0 Å². The second-order valence-corrected chi connectivity index (χ2v) is 9.36. The molecule has 1 aliphatic carbocycles. The number of aliphatic hydroxyl groups is 1. The third-order valence-corrected chi connectivity index (χ3v) is 6.87. The molecule has 2 aromatic rings. The Hall–Kier alpha value is -0.730. The van der Waals surface area contributed by atoms with E-state index in [1.165, 1.54) is 11.3 Å². The lowest BCUT2D eigenvalue weighted by Gasteiger charge is -2.18. The highest BCUT2D eigenvalue weighted by Crippen LogP contribution is 2.34. The first kappa shape index (κ1) is 15.2. The Labute approximate surface area is 136 Å². The molecule has 1 aromatic carbocycles. The van der Waals surface area contributed by atoms with E-state index in [4.69, 9.17) is 0 Å². The van der Waals surface area contributed by atoms with Gasteiger partial charge < -0.3 is 5.11 Å². The Kier molecular flexibility index (Phi) is 3.96. The minimum atomic E-state index is -3.66. The number of aryl methyl sites for hydroxylation is 1. The molecule has 1 aliphatic rings. The number of benzene rings is 1. The number of hydrogen-bond acceptors (Lipinski definition) is 4. The lowest BCUT2D eigenvalue weighted by molar-refractivity contribution is 0.151. The number of fused-ring (bicyclic) bond motifs is 1. The molecule has 0 fully saturated rings. The van der Waals surface area contributed by atoms with Gasteiger partial charge in [-0.15, -0.1) is 11.3 Å². The van der Waals surface area contributed by atoms with E-state index in [9.17, 15) is 13.5 Å². The Bertz CT molecular complexity index is 785. The van der Waals surface area contributed by atoms with E-state index in [-0.39, 0.29) is 4.90 Å². The van der Waals surface area contributed by atoms with Crippen LogP contribution >= 0.6 is 27.3 Å². The summed E-state index contributed by atoms with van der Waals surface area (Å²) in [6, 6.07) is 8.52. The van der Waals surface area contributed by atoms with Crippen LogP contribution in [0.25, 0.3) is 0 Å². The Balaban J connectivity index is 1.95. The minimum Gasteiger partial charge on any atom is -0.391 e. The summed E-state index contributed by atoms with van der Waals surface area (Å²) in [4.78, 5) is 0.978. The van der Waals surface area contributed by atoms with Crippen LogP contribution in [0.5, 0.6) is 0 Å². The fourth-order valence-corrected chi connectivity index (χ4v) is 6.31. The van der Waals surface area contributed by atoms with Gasteiger partial charge in [0.25, 0.3) is 0 Å². The van der Waals surface area contributed by atoms with Crippen molar-refractivity contribution in [1.82, 2.24) is 4.72 Å². The fourth-order valence-electron chi connectivity index (χ4n) is 2.64. The van der Waals surface area contributed by atoms with Gasteiger partial charge in [-0.2, -0.15) is 0 Å². The highest BCUT2D eigenvalue weighted by molar-refractivity contribution is 9.11. The number of halogens is 1. The zero-order valence-electron chi connectivity index (χ0n) is 11.2. The summed E-state index contributed by atoms with van der Waals surface area (Å²) >= 11 is 4.68. The zero-order chi connectivity index (χ0) is 15.2. The van der Waals surface area contributed by atoms with Gasteiger partial charge in [-0.05, 0) is 40.0 Å². The standard InChI is InChI=1S/C14H14BrNO3S2/c1-8-12(7-13(15)20-8)21(18,19)16-14-10-5-3-2-4-9(10)6-11(14)17/h2-5,7,11,14,16-17H,6H2,1H3/t11-,14+/m1/s1. The van der Waals surface area contributed by atoms with Crippen molar-refractivity contribution in [2.45, 2.75) is 30.4 Å². The molecule has 0 unspecified atom stereocenters. The van der Waals surface area contributed by atoms with Crippen molar-refractivity contribution >= 4 is 37.3 Å². The molecule has 2 N–H and O–H groups in total. The highest BCUT2D eigenvalue weighted by Gasteiger charge is 2.34. The van der Waals surface area contributed by atoms with Crippen molar-refractivity contribution < 1.29 is 13.5 Å². The molecular weight excluding hydrogens is 374 g/mol. The van der Waals surface area contributed by atoms with Crippen molar-refractivity contribution in [2.75, 3.05) is 0 Å². The van der Waals surface area contributed by atoms with E-state index >= 15 is 0 Å². The van der Waals surface area contributed by atoms with E-state index in [0.29, 0.717) is 6.42 Å². The topological polar surface area (TPSA) is 66.4 Å². The van der Waals surface area contributed by atoms with E-state index in [2.05, 4.69) is 20.7 Å². The van der Waals surface area contributed by atoms with Gasteiger partial charge >= 0.3 is 0 Å². The molecule has 2 atom stereocenters. The van der Waals surface area contributed by atoms with Crippen molar-refractivity contribution in [3.8, 4) is 0 Å². The number of thiophene rings is 1. The maximum atomic E-state index is 12.5. The van der Waals surface area contributed by atoms with Crippen LogP contribution in [0.1, 0.15) is 22.0 Å². The first-order valence-electron chi connectivity index (χ1n) is 6.42. The number of nitrogens with one attached hydrogen (secondary N) is 1. The largest absolute Gasteiger partial charge is 0.391 e. The quantitative estimate of drug-likeness (QED) is 0.850. The molecular formula is C14H14BrNO3S2. The molecule has 1 heterocycles. The zero-order valence-corrected chi connectivity index (χ0v) is 14.4. The smallest absolute Gasteiger partial charge is 0.242 e. The molecule has 1 aromatic heterocycles. The number of sulfonamides is 1. The summed E-state index contributed by atoms with van der Waals surface area (Å²) in [5.41, 5.74) is 1.83. The van der Waals surface area contributed by atoms with Crippen molar-refractivity contribution in [1.29, 1.82) is 0 Å². The molecule has 4 nitrogen and oxygen atoms in total. The van der Waals surface area contributed by atoms with E-state index < -0.39 is 22.2 Å². The Morgan fingerprint density at radius 3 is 2.76 bits per heavy atom. The van der Waals surface area contributed by atoms with Crippen LogP contribution in [-0.2, 0) is 16.4 Å². The van der Waals surface area contributed by atoms with Crippen LogP contribution in [0.3, 0.4) is 0 Å². The lowest BCUT2D eigenvalue weighted by Crippen LogP contribution is -2.34. The summed E-state index contributed by atoms with van der Waals surface area (Å²) in [6.07, 6.45) is -0.269. The fraction of sp³-hybridized carbons (Fsp3) is 0.286. The molecule has 0 radical (unpaired) electrons. The van der Waals surface area contributed by atoms with Crippen LogP contribution in [0.15, 0.2) is 39.0 Å². The van der Waals surface area contributed by atoms with Gasteiger partial charge in [-0.1, -0.05) is 24.3 Å². The van der Waals surface area contributed by atoms with E-state index in [1.807, 2.05) is 24.3 Å². The average molecular weight is 388 g/mol. The molecule has 0 spiro atoms. The summed E-state index contributed by atoms with van der Waals surface area (Å²) < 4.78 is 28.5. The van der Waals surface area contributed by atoms with Gasteiger partial charge in [-0.25, -0.2) is 13.1 Å². The normalized spacial score (nSPS) is 21.5. The van der Waals surface area contributed by atoms with Gasteiger partial charge in [0, 0.05) is 11.3 Å². The second-order valence-electron chi connectivity index (χ2n) is 5.04. The van der Waals surface area contributed by atoms with Crippen LogP contribution < -0.4 is 4.72 Å². The molecule has 0 amide bonds. The van der Waals surface area contributed by atoms with E-state index in [0.717, 1.165) is 19.8 Å². The van der Waals surface area contributed by atoms with Gasteiger partial charge in [0.15, 0.2) is 0 Å². The van der Waals surface area contributed by atoms with Gasteiger partial charge in [0.05, 0.1) is 20.8 Å². The predicted octanol–water partition coefficient (Wildman–Crippen LogP) is 2.76. The summed E-state index contributed by atoms with van der Waals surface area (Å²) in [6.45, 7) is 1.77. The van der Waals surface area contributed by atoms with Gasteiger partial charge in [-0.3, -0.25) is 0 Å². The first-order chi connectivity index (χ1) is 9.88. The van der Waals surface area contributed by atoms with Crippen LogP contribution in [0.2, 0.25) is 0 Å². The third kappa shape index (κ3) is 2.80. The highest BCUT2D eigenvalue weighted by atomic mass is 79.9. The summed E-state index contributed by atoms with van der Waals surface area (Å²) in [5.74, 6) is 0. The lowest BCUT2D eigenvalue weighted by atomic mass is 10.1. The van der Waals surface area contributed by atoms with Crippen LogP contribution in [-0.4, -0.2) is 19.6 Å². The molecule has 0 aliphatic heterocycles. The number of aliphatic hydroxyl groups excluding tert-OH is 1. The van der Waals surface area contributed by atoms with Crippen LogP contribution in [0, 0.1) is 6.92 Å². The molecule has 0 bridgehead atoms. The van der Waals surface area contributed by atoms with Gasteiger partial charge in [0.2, 0.25) is 10.0 Å². The molecule has 7 heteroatoms. The number of rotatable bonds is 3. The second kappa shape index (κ2) is 5.48. The monoisotopic (exact) mass is 387 g/mol. The third-order valence-electron chi connectivity index (χ3n) is 3.62.